The van der Waals surface area contributed by atoms with Gasteiger partial charge in [0.25, 0.3) is 0 Å². The van der Waals surface area contributed by atoms with Crippen LogP contribution in [0.15, 0.2) is 36.7 Å². The minimum absolute atomic E-state index is 0.192. The quantitative estimate of drug-likeness (QED) is 0.929. The first-order valence-corrected chi connectivity index (χ1v) is 5.43. The van der Waals surface area contributed by atoms with E-state index in [0.29, 0.717) is 12.4 Å². The van der Waals surface area contributed by atoms with Crippen LogP contribution in [-0.4, -0.2) is 21.0 Å². The summed E-state index contributed by atoms with van der Waals surface area (Å²) in [5.74, 6) is 0.236. The van der Waals surface area contributed by atoms with Gasteiger partial charge in [0.1, 0.15) is 18.2 Å². The van der Waals surface area contributed by atoms with E-state index in [1.54, 1.807) is 17.0 Å². The Hall–Kier alpha value is -2.02. The van der Waals surface area contributed by atoms with Crippen LogP contribution < -0.4 is 4.74 Å². The summed E-state index contributed by atoms with van der Waals surface area (Å²) < 4.78 is 41.4. The number of alkyl halides is 3. The average molecular weight is 272 g/mol. The Labute approximate surface area is 107 Å². The van der Waals surface area contributed by atoms with Gasteiger partial charge < -0.3 is 14.4 Å². The molecule has 0 bridgehead atoms. The van der Waals surface area contributed by atoms with E-state index in [1.165, 1.54) is 24.3 Å². The molecule has 0 fully saturated rings. The molecule has 0 aliphatic carbocycles. The third kappa shape index (κ3) is 3.72. The van der Waals surface area contributed by atoms with Crippen molar-refractivity contribution in [3.8, 4) is 5.75 Å². The first kappa shape index (κ1) is 13.4. The molecule has 0 unspecified atom stereocenters. The molecule has 19 heavy (non-hydrogen) atoms. The van der Waals surface area contributed by atoms with Gasteiger partial charge >= 0.3 is 6.36 Å². The highest BCUT2D eigenvalue weighted by Crippen LogP contribution is 2.23. The second-order valence-electron chi connectivity index (χ2n) is 3.82. The number of rotatable bonds is 4. The van der Waals surface area contributed by atoms with Crippen LogP contribution in [0.2, 0.25) is 0 Å². The Morgan fingerprint density at radius 3 is 2.47 bits per heavy atom. The molecule has 2 aromatic rings. The molecule has 0 aliphatic heterocycles. The molecule has 0 amide bonds. The van der Waals surface area contributed by atoms with Crippen molar-refractivity contribution in [2.45, 2.75) is 19.5 Å². The third-order valence-electron chi connectivity index (χ3n) is 2.45. The van der Waals surface area contributed by atoms with E-state index in [-0.39, 0.29) is 12.4 Å². The summed E-state index contributed by atoms with van der Waals surface area (Å²) in [6, 6.07) is 5.56. The van der Waals surface area contributed by atoms with Gasteiger partial charge in [-0.2, -0.15) is 0 Å². The first-order chi connectivity index (χ1) is 8.98. The first-order valence-electron chi connectivity index (χ1n) is 5.43. The molecule has 1 aromatic heterocycles. The molecular weight excluding hydrogens is 261 g/mol. The van der Waals surface area contributed by atoms with Crippen LogP contribution in [0.4, 0.5) is 13.2 Å². The lowest BCUT2D eigenvalue weighted by Gasteiger charge is -2.10. The highest BCUT2D eigenvalue weighted by Gasteiger charge is 2.30. The van der Waals surface area contributed by atoms with Crippen LogP contribution in [-0.2, 0) is 13.2 Å². The van der Waals surface area contributed by atoms with Gasteiger partial charge in [-0.05, 0) is 17.7 Å². The number of aromatic nitrogens is 2. The summed E-state index contributed by atoms with van der Waals surface area (Å²) in [6.07, 6.45) is -1.45. The fourth-order valence-corrected chi connectivity index (χ4v) is 1.63. The van der Waals surface area contributed by atoms with Crippen LogP contribution in [0, 0.1) is 0 Å². The van der Waals surface area contributed by atoms with E-state index in [9.17, 15) is 13.2 Å². The summed E-state index contributed by atoms with van der Waals surface area (Å²) in [4.78, 5) is 3.94. The van der Waals surface area contributed by atoms with Crippen molar-refractivity contribution in [2.75, 3.05) is 0 Å². The monoisotopic (exact) mass is 272 g/mol. The number of imidazole rings is 1. The van der Waals surface area contributed by atoms with E-state index in [2.05, 4.69) is 9.72 Å². The molecule has 2 rings (SSSR count). The van der Waals surface area contributed by atoms with Crippen molar-refractivity contribution in [3.05, 3.63) is 48.0 Å². The molecule has 0 aliphatic rings. The molecule has 0 radical (unpaired) electrons. The van der Waals surface area contributed by atoms with E-state index in [1.807, 2.05) is 0 Å². The fourth-order valence-electron chi connectivity index (χ4n) is 1.63. The second kappa shape index (κ2) is 5.31. The molecule has 0 saturated heterocycles. The summed E-state index contributed by atoms with van der Waals surface area (Å²) >= 11 is 0. The molecular formula is C12H11F3N2O2. The zero-order valence-electron chi connectivity index (χ0n) is 9.76. The predicted molar refractivity (Wildman–Crippen MR) is 60.4 cm³/mol. The predicted octanol–water partition coefficient (Wildman–Crippen LogP) is 2.32. The highest BCUT2D eigenvalue weighted by molar-refractivity contribution is 5.27. The number of benzene rings is 1. The number of halogens is 3. The van der Waals surface area contributed by atoms with Gasteiger partial charge in [-0.25, -0.2) is 4.98 Å². The van der Waals surface area contributed by atoms with Gasteiger partial charge in [0.2, 0.25) is 0 Å². The Kier molecular flexibility index (Phi) is 3.75. The van der Waals surface area contributed by atoms with Gasteiger partial charge in [-0.15, -0.1) is 13.2 Å². The van der Waals surface area contributed by atoms with Crippen molar-refractivity contribution < 1.29 is 23.0 Å². The summed E-state index contributed by atoms with van der Waals surface area (Å²) in [6.45, 7) is 0.227. The number of ether oxygens (including phenoxy) is 1. The maximum absolute atomic E-state index is 12.0. The fraction of sp³-hybridized carbons (Fsp3) is 0.250. The summed E-state index contributed by atoms with van der Waals surface area (Å²) in [7, 11) is 0. The maximum atomic E-state index is 12.0. The smallest absolute Gasteiger partial charge is 0.406 e. The molecule has 1 N–H and O–H groups in total. The van der Waals surface area contributed by atoms with E-state index >= 15 is 0 Å². The zero-order chi connectivity index (χ0) is 13.9. The molecule has 0 saturated carbocycles. The largest absolute Gasteiger partial charge is 0.573 e. The Morgan fingerprint density at radius 1 is 1.21 bits per heavy atom. The van der Waals surface area contributed by atoms with Crippen molar-refractivity contribution in [1.82, 2.24) is 9.55 Å². The topological polar surface area (TPSA) is 47.3 Å². The van der Waals surface area contributed by atoms with Crippen molar-refractivity contribution in [3.63, 3.8) is 0 Å². The average Bonchev–Trinajstić information content (AvgIpc) is 2.77. The zero-order valence-corrected chi connectivity index (χ0v) is 9.76. The van der Waals surface area contributed by atoms with Crippen molar-refractivity contribution >= 4 is 0 Å². The lowest BCUT2D eigenvalue weighted by atomic mass is 10.2. The Balaban J connectivity index is 2.07. The highest BCUT2D eigenvalue weighted by atomic mass is 19.4. The van der Waals surface area contributed by atoms with Gasteiger partial charge in [0.15, 0.2) is 0 Å². The van der Waals surface area contributed by atoms with Crippen LogP contribution in [0.3, 0.4) is 0 Å². The standard InChI is InChI=1S/C12H11F3N2O2/c13-12(14,15)19-10-3-1-9(2-4-10)7-17-6-5-16-11(17)8-18/h1-6,18H,7-8H2. The van der Waals surface area contributed by atoms with Gasteiger partial charge in [-0.1, -0.05) is 12.1 Å². The molecule has 1 heterocycles. The minimum Gasteiger partial charge on any atom is -0.406 e. The second-order valence-corrected chi connectivity index (χ2v) is 3.82. The number of nitrogens with zero attached hydrogens (tertiary/aromatic N) is 2. The van der Waals surface area contributed by atoms with Crippen LogP contribution >= 0.6 is 0 Å². The molecule has 0 atom stereocenters. The van der Waals surface area contributed by atoms with Gasteiger partial charge in [-0.3, -0.25) is 0 Å². The van der Waals surface area contributed by atoms with Crippen LogP contribution in [0.5, 0.6) is 5.75 Å². The Morgan fingerprint density at radius 2 is 1.89 bits per heavy atom. The van der Waals surface area contributed by atoms with Crippen LogP contribution in [0.1, 0.15) is 11.4 Å². The molecule has 102 valence electrons. The Bertz CT molecular complexity index is 535. The lowest BCUT2D eigenvalue weighted by molar-refractivity contribution is -0.274. The van der Waals surface area contributed by atoms with Gasteiger partial charge in [0.05, 0.1) is 0 Å². The third-order valence-corrected chi connectivity index (χ3v) is 2.45. The maximum Gasteiger partial charge on any atom is 0.573 e. The number of aliphatic hydroxyl groups is 1. The number of hydrogen-bond acceptors (Lipinski definition) is 3. The number of hydrogen-bond donors (Lipinski definition) is 1. The van der Waals surface area contributed by atoms with Crippen molar-refractivity contribution in [2.24, 2.45) is 0 Å². The minimum atomic E-state index is -4.68. The van der Waals surface area contributed by atoms with Crippen molar-refractivity contribution in [1.29, 1.82) is 0 Å². The summed E-state index contributed by atoms with van der Waals surface area (Å²) in [5, 5.41) is 9.03. The molecule has 7 heteroatoms. The SMILES string of the molecule is OCc1nccn1Cc1ccc(OC(F)(F)F)cc1. The molecule has 4 nitrogen and oxygen atoms in total. The summed E-state index contributed by atoms with van der Waals surface area (Å²) in [5.41, 5.74) is 0.780. The van der Waals surface area contributed by atoms with Gasteiger partial charge in [0, 0.05) is 18.9 Å². The van der Waals surface area contributed by atoms with E-state index < -0.39 is 6.36 Å². The van der Waals surface area contributed by atoms with E-state index in [4.69, 9.17) is 5.11 Å². The lowest BCUT2D eigenvalue weighted by Crippen LogP contribution is -2.17. The van der Waals surface area contributed by atoms with E-state index in [0.717, 1.165) is 5.56 Å². The molecule has 1 aromatic carbocycles. The normalized spacial score (nSPS) is 11.6. The number of aliphatic hydroxyl groups excluding tert-OH is 1. The van der Waals surface area contributed by atoms with Crippen LogP contribution in [0.25, 0.3) is 0 Å². The molecule has 0 spiro atoms.